The molecule has 2 aromatic heterocycles. The molecule has 0 unspecified atom stereocenters. The second-order valence-corrected chi connectivity index (χ2v) is 9.97. The highest BCUT2D eigenvalue weighted by Gasteiger charge is 2.32. The molecule has 0 aliphatic heterocycles. The first-order valence-corrected chi connectivity index (χ1v) is 13.2. The summed E-state index contributed by atoms with van der Waals surface area (Å²) in [6.07, 6.45) is 11.1. The van der Waals surface area contributed by atoms with Crippen LogP contribution < -0.4 is 11.3 Å². The Balaban J connectivity index is 1.56. The molecule has 5 rings (SSSR count). The molecule has 0 atom stereocenters. The van der Waals surface area contributed by atoms with Crippen LogP contribution in [0.25, 0.3) is 24.3 Å². The second kappa shape index (κ2) is 12.0. The number of hydrogen-bond acceptors (Lipinski definition) is 10. The van der Waals surface area contributed by atoms with Gasteiger partial charge in [0.2, 0.25) is 0 Å². The number of hydrogen-bond donors (Lipinski definition) is 6. The predicted molar refractivity (Wildman–Crippen MR) is 164 cm³/mol. The van der Waals surface area contributed by atoms with Crippen LogP contribution >= 0.6 is 0 Å². The van der Waals surface area contributed by atoms with Crippen LogP contribution in [-0.2, 0) is 0 Å². The van der Waals surface area contributed by atoms with Gasteiger partial charge < -0.3 is 39.5 Å². The van der Waals surface area contributed by atoms with Crippen molar-refractivity contribution in [1.29, 1.82) is 0 Å². The highest BCUT2D eigenvalue weighted by Crippen LogP contribution is 2.40. The highest BCUT2D eigenvalue weighted by atomic mass is 16.4. The van der Waals surface area contributed by atoms with E-state index in [2.05, 4.69) is 6.58 Å². The first-order valence-electron chi connectivity index (χ1n) is 13.2. The van der Waals surface area contributed by atoms with Gasteiger partial charge in [0, 0.05) is 12.1 Å². The topological polar surface area (TPSA) is 182 Å². The van der Waals surface area contributed by atoms with Crippen LogP contribution in [0, 0.1) is 0 Å². The molecule has 0 fully saturated rings. The third-order valence-electron chi connectivity index (χ3n) is 6.87. The number of aromatic hydroxyl groups is 6. The third-order valence-corrected chi connectivity index (χ3v) is 6.87. The van der Waals surface area contributed by atoms with E-state index >= 15 is 0 Å². The molecule has 0 spiro atoms. The van der Waals surface area contributed by atoms with Gasteiger partial charge in [-0.1, -0.05) is 54.7 Å². The average Bonchev–Trinajstić information content (AvgIpc) is 2.97. The van der Waals surface area contributed by atoms with Crippen molar-refractivity contribution in [2.45, 2.75) is 12.3 Å². The summed E-state index contributed by atoms with van der Waals surface area (Å²) in [7, 11) is 0. The minimum absolute atomic E-state index is 0.0406. The van der Waals surface area contributed by atoms with Crippen LogP contribution in [0.1, 0.15) is 46.1 Å². The van der Waals surface area contributed by atoms with Gasteiger partial charge in [0.1, 0.15) is 23.0 Å². The fourth-order valence-corrected chi connectivity index (χ4v) is 4.65. The van der Waals surface area contributed by atoms with Crippen molar-refractivity contribution in [1.82, 2.24) is 0 Å². The Hall–Kier alpha value is -6.16. The first-order chi connectivity index (χ1) is 21.0. The summed E-state index contributed by atoms with van der Waals surface area (Å²) in [5.41, 5.74) is -0.443. The van der Waals surface area contributed by atoms with E-state index in [0.717, 1.165) is 5.57 Å². The SMILES string of the molecule is C=C1C=CC(C(c2c(O)cc(C=Cc3ccc(O)c(O)c3)oc2=O)c2c(O)cc(C=Cc3ccc(O)c(O)c3)oc2=O)=CC1. The van der Waals surface area contributed by atoms with Gasteiger partial charge in [-0.2, -0.15) is 0 Å². The highest BCUT2D eigenvalue weighted by molar-refractivity contribution is 5.71. The zero-order valence-corrected chi connectivity index (χ0v) is 23.0. The number of phenols is 4. The van der Waals surface area contributed by atoms with Crippen molar-refractivity contribution >= 4 is 24.3 Å². The third kappa shape index (κ3) is 6.19. The summed E-state index contributed by atoms with van der Waals surface area (Å²) in [6.45, 7) is 3.89. The number of benzene rings is 2. The van der Waals surface area contributed by atoms with E-state index in [-0.39, 0.29) is 45.6 Å². The Morgan fingerprint density at radius 2 is 1.09 bits per heavy atom. The lowest BCUT2D eigenvalue weighted by atomic mass is 9.82. The zero-order valence-electron chi connectivity index (χ0n) is 23.0. The van der Waals surface area contributed by atoms with Gasteiger partial charge in [-0.3, -0.25) is 0 Å². The fourth-order valence-electron chi connectivity index (χ4n) is 4.65. The maximum atomic E-state index is 13.3. The smallest absolute Gasteiger partial charge is 0.344 e. The Kier molecular flexibility index (Phi) is 7.99. The van der Waals surface area contributed by atoms with E-state index in [4.69, 9.17) is 8.83 Å². The molecule has 0 saturated carbocycles. The molecule has 0 radical (unpaired) electrons. The minimum atomic E-state index is -1.27. The lowest BCUT2D eigenvalue weighted by Crippen LogP contribution is -2.22. The summed E-state index contributed by atoms with van der Waals surface area (Å²) >= 11 is 0. The molecule has 6 N–H and O–H groups in total. The van der Waals surface area contributed by atoms with Crippen LogP contribution in [0.3, 0.4) is 0 Å². The van der Waals surface area contributed by atoms with E-state index in [0.29, 0.717) is 23.1 Å². The largest absolute Gasteiger partial charge is 0.507 e. The molecule has 44 heavy (non-hydrogen) atoms. The lowest BCUT2D eigenvalue weighted by Gasteiger charge is -2.21. The van der Waals surface area contributed by atoms with Gasteiger partial charge in [-0.25, -0.2) is 9.59 Å². The molecular formula is C34H26O10. The van der Waals surface area contributed by atoms with Crippen LogP contribution in [0.5, 0.6) is 34.5 Å². The Labute approximate surface area is 249 Å². The standard InChI is InChI=1S/C34H26O10/c1-18-2-8-21(9-3-18)30(31-28(39)16-22(43-33(31)41)10-4-19-6-12-24(35)26(37)14-19)32-29(40)17-23(44-34(32)42)11-5-20-7-13-25(36)27(38)15-20/h2,4-17,30,35-40H,1,3H2. The molecule has 222 valence electrons. The molecule has 0 amide bonds. The van der Waals surface area contributed by atoms with Crippen molar-refractivity contribution in [2.75, 3.05) is 0 Å². The summed E-state index contributed by atoms with van der Waals surface area (Å²) < 4.78 is 10.9. The molecule has 0 saturated heterocycles. The Bertz CT molecular complexity index is 1900. The monoisotopic (exact) mass is 594 g/mol. The van der Waals surface area contributed by atoms with Crippen LogP contribution in [-0.4, -0.2) is 30.6 Å². The fraction of sp³-hybridized carbons (Fsp3) is 0.0588. The van der Waals surface area contributed by atoms with Crippen LogP contribution in [0.4, 0.5) is 0 Å². The van der Waals surface area contributed by atoms with Gasteiger partial charge >= 0.3 is 11.3 Å². The summed E-state index contributed by atoms with van der Waals surface area (Å²) in [4.78, 5) is 26.7. The zero-order chi connectivity index (χ0) is 31.5. The molecule has 2 aromatic carbocycles. The molecule has 1 aliphatic rings. The van der Waals surface area contributed by atoms with Crippen molar-refractivity contribution in [3.63, 3.8) is 0 Å². The maximum absolute atomic E-state index is 13.3. The van der Waals surface area contributed by atoms with Crippen molar-refractivity contribution < 1.29 is 39.5 Å². The van der Waals surface area contributed by atoms with E-state index < -0.39 is 28.7 Å². The van der Waals surface area contributed by atoms with Crippen molar-refractivity contribution in [3.05, 3.63) is 139 Å². The number of rotatable bonds is 7. The summed E-state index contributed by atoms with van der Waals surface area (Å²) in [6, 6.07) is 10.5. The van der Waals surface area contributed by atoms with Crippen molar-refractivity contribution in [3.8, 4) is 34.5 Å². The number of phenolic OH excluding ortho intramolecular Hbond substituents is 4. The predicted octanol–water partition coefficient (Wildman–Crippen LogP) is 5.74. The summed E-state index contributed by atoms with van der Waals surface area (Å²) in [5.74, 6) is -3.65. The summed E-state index contributed by atoms with van der Waals surface area (Å²) in [5, 5.41) is 60.5. The van der Waals surface area contributed by atoms with Gasteiger partial charge in [0.05, 0.1) is 17.0 Å². The lowest BCUT2D eigenvalue weighted by molar-refractivity contribution is 0.403. The van der Waals surface area contributed by atoms with Gasteiger partial charge in [-0.05, 0) is 59.5 Å². The van der Waals surface area contributed by atoms with Crippen LogP contribution in [0.15, 0.2) is 103 Å². The molecule has 0 bridgehead atoms. The van der Waals surface area contributed by atoms with Crippen molar-refractivity contribution in [2.24, 2.45) is 0 Å². The number of allylic oxidation sites excluding steroid dienone is 5. The quantitative estimate of drug-likeness (QED) is 0.144. The molecular weight excluding hydrogens is 568 g/mol. The minimum Gasteiger partial charge on any atom is -0.507 e. The average molecular weight is 595 g/mol. The van der Waals surface area contributed by atoms with Gasteiger partial charge in [-0.15, -0.1) is 0 Å². The van der Waals surface area contributed by atoms with E-state index in [9.17, 15) is 40.2 Å². The first kappa shape index (κ1) is 29.3. The normalized spacial score (nSPS) is 13.9. The van der Waals surface area contributed by atoms with E-state index in [1.165, 1.54) is 72.8 Å². The molecule has 10 nitrogen and oxygen atoms in total. The van der Waals surface area contributed by atoms with E-state index in [1.807, 2.05) is 0 Å². The van der Waals surface area contributed by atoms with E-state index in [1.54, 1.807) is 18.2 Å². The molecule has 2 heterocycles. The maximum Gasteiger partial charge on any atom is 0.344 e. The Morgan fingerprint density at radius 3 is 1.48 bits per heavy atom. The molecule has 1 aliphatic carbocycles. The van der Waals surface area contributed by atoms with Gasteiger partial charge in [0.15, 0.2) is 23.0 Å². The van der Waals surface area contributed by atoms with Gasteiger partial charge in [0.25, 0.3) is 0 Å². The molecule has 4 aromatic rings. The second-order valence-electron chi connectivity index (χ2n) is 9.97. The van der Waals surface area contributed by atoms with Crippen LogP contribution in [0.2, 0.25) is 0 Å². The molecule has 10 heteroatoms. The Morgan fingerprint density at radius 1 is 0.614 bits per heavy atom.